The molecular weight excluding hydrogens is 354 g/mol. The summed E-state index contributed by atoms with van der Waals surface area (Å²) in [5.41, 5.74) is 11.3. The largest absolute Gasteiger partial charge is 0.369 e. The molecule has 0 fully saturated rings. The van der Waals surface area contributed by atoms with E-state index in [1.54, 1.807) is 0 Å². The lowest BCUT2D eigenvalue weighted by atomic mass is 9.72. The Balaban J connectivity index is 1.66. The average Bonchev–Trinajstić information content (AvgIpc) is 2.77. The van der Waals surface area contributed by atoms with Gasteiger partial charge < -0.3 is 5.73 Å². The number of carbonyl (C=O) groups is 1. The Morgan fingerprint density at radius 2 is 1.55 bits per heavy atom. The van der Waals surface area contributed by atoms with Crippen LogP contribution in [-0.2, 0) is 17.6 Å². The van der Waals surface area contributed by atoms with Crippen LogP contribution in [0.15, 0.2) is 84.9 Å². The van der Waals surface area contributed by atoms with E-state index in [0.29, 0.717) is 5.92 Å². The fourth-order valence-electron chi connectivity index (χ4n) is 4.95. The van der Waals surface area contributed by atoms with Crippen molar-refractivity contribution < 1.29 is 4.79 Å². The zero-order valence-electron chi connectivity index (χ0n) is 16.8. The van der Waals surface area contributed by atoms with Gasteiger partial charge in [-0.15, -0.1) is 0 Å². The summed E-state index contributed by atoms with van der Waals surface area (Å²) in [7, 11) is 0. The number of rotatable bonds is 7. The number of fused-ring (bicyclic) bond motifs is 1. The molecule has 0 spiro atoms. The minimum atomic E-state index is -0.186. The monoisotopic (exact) mass is 383 g/mol. The number of hydrogen-bond acceptors (Lipinski definition) is 1. The van der Waals surface area contributed by atoms with Crippen LogP contribution in [-0.4, -0.2) is 5.91 Å². The molecule has 1 amide bonds. The molecular formula is C27H29NO. The van der Waals surface area contributed by atoms with Crippen LogP contribution in [0.25, 0.3) is 0 Å². The second kappa shape index (κ2) is 9.09. The number of nitrogens with two attached hydrogens (primary N) is 1. The van der Waals surface area contributed by atoms with Gasteiger partial charge in [-0.05, 0) is 66.2 Å². The molecule has 0 aromatic heterocycles. The number of hydrogen-bond donors (Lipinski definition) is 1. The first kappa shape index (κ1) is 19.4. The third kappa shape index (κ3) is 4.59. The Bertz CT molecular complexity index is 935. The predicted molar refractivity (Wildman–Crippen MR) is 119 cm³/mol. The molecule has 0 heterocycles. The number of benzene rings is 3. The van der Waals surface area contributed by atoms with Crippen molar-refractivity contribution in [3.05, 3.63) is 107 Å². The van der Waals surface area contributed by atoms with Gasteiger partial charge in [0.05, 0.1) is 0 Å². The van der Waals surface area contributed by atoms with E-state index >= 15 is 0 Å². The summed E-state index contributed by atoms with van der Waals surface area (Å²) < 4.78 is 0. The molecule has 0 radical (unpaired) electrons. The van der Waals surface area contributed by atoms with E-state index in [4.69, 9.17) is 5.73 Å². The van der Waals surface area contributed by atoms with Crippen LogP contribution < -0.4 is 5.73 Å². The standard InChI is InChI=1S/C27H29NO/c28-27(29)26(19-23-16-9-15-21-14-7-8-17-24(21)23)25(22-12-5-2-6-13-22)18-20-10-3-1-4-11-20/h1-8,10-14,17,23,25-26H,9,15-16,18-19H2,(H2,28,29). The SMILES string of the molecule is NC(=O)C(CC1CCCc2ccccc21)C(Cc1ccccc1)c1ccccc1. The maximum atomic E-state index is 12.7. The van der Waals surface area contributed by atoms with E-state index in [1.165, 1.54) is 28.7 Å². The van der Waals surface area contributed by atoms with E-state index in [9.17, 15) is 4.79 Å². The molecule has 0 saturated carbocycles. The van der Waals surface area contributed by atoms with Crippen molar-refractivity contribution in [2.45, 2.75) is 43.9 Å². The minimum absolute atomic E-state index is 0.0881. The second-order valence-corrected chi connectivity index (χ2v) is 8.24. The smallest absolute Gasteiger partial charge is 0.221 e. The van der Waals surface area contributed by atoms with Crippen molar-refractivity contribution >= 4 is 5.91 Å². The van der Waals surface area contributed by atoms with Crippen LogP contribution >= 0.6 is 0 Å². The first-order valence-electron chi connectivity index (χ1n) is 10.7. The van der Waals surface area contributed by atoms with Crippen LogP contribution in [0.2, 0.25) is 0 Å². The van der Waals surface area contributed by atoms with E-state index < -0.39 is 0 Å². The highest BCUT2D eigenvalue weighted by Gasteiger charge is 2.32. The molecule has 0 aliphatic heterocycles. The molecule has 148 valence electrons. The molecule has 3 aromatic rings. The summed E-state index contributed by atoms with van der Waals surface area (Å²) in [4.78, 5) is 12.7. The number of carbonyl (C=O) groups excluding carboxylic acids is 1. The molecule has 2 heteroatoms. The van der Waals surface area contributed by atoms with Crippen molar-refractivity contribution in [2.24, 2.45) is 11.7 Å². The van der Waals surface area contributed by atoms with Crippen molar-refractivity contribution in [3.63, 3.8) is 0 Å². The van der Waals surface area contributed by atoms with Gasteiger partial charge in [-0.25, -0.2) is 0 Å². The molecule has 4 rings (SSSR count). The quantitative estimate of drug-likeness (QED) is 0.565. The summed E-state index contributed by atoms with van der Waals surface area (Å²) in [5.74, 6) is 0.122. The molecule has 3 aromatic carbocycles. The molecule has 0 bridgehead atoms. The van der Waals surface area contributed by atoms with Crippen LogP contribution in [0, 0.1) is 5.92 Å². The van der Waals surface area contributed by atoms with E-state index in [2.05, 4.69) is 72.8 Å². The molecule has 3 unspecified atom stereocenters. The predicted octanol–water partition coefficient (Wildman–Crippen LogP) is 5.62. The molecule has 2 N–H and O–H groups in total. The Morgan fingerprint density at radius 1 is 0.897 bits per heavy atom. The Morgan fingerprint density at radius 3 is 2.28 bits per heavy atom. The average molecular weight is 384 g/mol. The Hall–Kier alpha value is -2.87. The topological polar surface area (TPSA) is 43.1 Å². The maximum absolute atomic E-state index is 12.7. The first-order valence-corrected chi connectivity index (χ1v) is 10.7. The Kier molecular flexibility index (Phi) is 6.09. The fraction of sp³-hybridized carbons (Fsp3) is 0.296. The molecule has 0 saturated heterocycles. The molecule has 29 heavy (non-hydrogen) atoms. The third-order valence-electron chi connectivity index (χ3n) is 6.41. The summed E-state index contributed by atoms with van der Waals surface area (Å²) in [6, 6.07) is 29.6. The second-order valence-electron chi connectivity index (χ2n) is 8.24. The van der Waals surface area contributed by atoms with Gasteiger partial charge in [0.2, 0.25) is 5.91 Å². The van der Waals surface area contributed by atoms with Crippen LogP contribution in [0.4, 0.5) is 0 Å². The normalized spacial score (nSPS) is 17.9. The molecule has 2 nitrogen and oxygen atoms in total. The van der Waals surface area contributed by atoms with Crippen molar-refractivity contribution in [1.29, 1.82) is 0 Å². The lowest BCUT2D eigenvalue weighted by Crippen LogP contribution is -2.32. The summed E-state index contributed by atoms with van der Waals surface area (Å²) in [6.45, 7) is 0. The zero-order chi connectivity index (χ0) is 20.1. The molecule has 3 atom stereocenters. The molecule has 1 aliphatic rings. The maximum Gasteiger partial charge on any atom is 0.221 e. The number of amides is 1. The lowest BCUT2D eigenvalue weighted by molar-refractivity contribution is -0.122. The van der Waals surface area contributed by atoms with Gasteiger partial charge in [-0.3, -0.25) is 4.79 Å². The van der Waals surface area contributed by atoms with Crippen molar-refractivity contribution in [2.75, 3.05) is 0 Å². The highest BCUT2D eigenvalue weighted by Crippen LogP contribution is 2.40. The van der Waals surface area contributed by atoms with Crippen molar-refractivity contribution in [1.82, 2.24) is 0 Å². The zero-order valence-corrected chi connectivity index (χ0v) is 16.8. The van der Waals surface area contributed by atoms with Crippen LogP contribution in [0.1, 0.15) is 53.4 Å². The van der Waals surface area contributed by atoms with Crippen LogP contribution in [0.5, 0.6) is 0 Å². The summed E-state index contributed by atoms with van der Waals surface area (Å²) in [5, 5.41) is 0. The fourth-order valence-corrected chi connectivity index (χ4v) is 4.95. The van der Waals surface area contributed by atoms with E-state index in [0.717, 1.165) is 25.7 Å². The summed E-state index contributed by atoms with van der Waals surface area (Å²) >= 11 is 0. The van der Waals surface area contributed by atoms with Gasteiger partial charge in [0, 0.05) is 5.92 Å². The number of primary amides is 1. The van der Waals surface area contributed by atoms with Gasteiger partial charge in [0.1, 0.15) is 0 Å². The first-order chi connectivity index (χ1) is 14.2. The lowest BCUT2D eigenvalue weighted by Gasteiger charge is -2.32. The summed E-state index contributed by atoms with van der Waals surface area (Å²) in [6.07, 6.45) is 5.10. The van der Waals surface area contributed by atoms with Gasteiger partial charge in [-0.1, -0.05) is 84.9 Å². The van der Waals surface area contributed by atoms with Crippen LogP contribution in [0.3, 0.4) is 0 Å². The van der Waals surface area contributed by atoms with E-state index in [1.807, 2.05) is 12.1 Å². The van der Waals surface area contributed by atoms with Crippen molar-refractivity contribution in [3.8, 4) is 0 Å². The third-order valence-corrected chi connectivity index (χ3v) is 6.41. The highest BCUT2D eigenvalue weighted by atomic mass is 16.1. The van der Waals surface area contributed by atoms with Gasteiger partial charge in [0.15, 0.2) is 0 Å². The van der Waals surface area contributed by atoms with Gasteiger partial charge >= 0.3 is 0 Å². The Labute approximate surface area is 173 Å². The molecule has 1 aliphatic carbocycles. The number of aryl methyl sites for hydroxylation is 1. The van der Waals surface area contributed by atoms with E-state index in [-0.39, 0.29) is 17.7 Å². The van der Waals surface area contributed by atoms with Gasteiger partial charge in [-0.2, -0.15) is 0 Å². The van der Waals surface area contributed by atoms with Gasteiger partial charge in [0.25, 0.3) is 0 Å². The minimum Gasteiger partial charge on any atom is -0.369 e. The highest BCUT2D eigenvalue weighted by molar-refractivity contribution is 5.78.